The lowest BCUT2D eigenvalue weighted by Crippen LogP contribution is -2.47. The topological polar surface area (TPSA) is 64.7 Å². The van der Waals surface area contributed by atoms with Crippen molar-refractivity contribution in [2.45, 2.75) is 25.2 Å². The van der Waals surface area contributed by atoms with Crippen LogP contribution in [0.1, 0.15) is 12.8 Å². The standard InChI is InChI=1S/C14H22F6N4O2/c15-13(16,17)11(25)23-7-1-3-21-5-10-24(12(26)14(18,19)20)8-2-4-22-6-9-23/h21-22H,1-10H2. The summed E-state index contributed by atoms with van der Waals surface area (Å²) in [5.74, 6) is -3.82. The summed E-state index contributed by atoms with van der Waals surface area (Å²) < 4.78 is 75.4. The first-order chi connectivity index (χ1) is 12.0. The van der Waals surface area contributed by atoms with E-state index in [0.29, 0.717) is 9.80 Å². The number of hydrogen-bond acceptors (Lipinski definition) is 4. The molecule has 12 heteroatoms. The molecule has 1 fully saturated rings. The largest absolute Gasteiger partial charge is 0.471 e. The average molecular weight is 392 g/mol. The summed E-state index contributed by atoms with van der Waals surface area (Å²) in [6.07, 6.45) is -9.49. The molecule has 0 bridgehead atoms. The van der Waals surface area contributed by atoms with Gasteiger partial charge in [-0.3, -0.25) is 9.59 Å². The Balaban J connectivity index is 2.61. The van der Waals surface area contributed by atoms with Gasteiger partial charge in [-0.15, -0.1) is 0 Å². The van der Waals surface area contributed by atoms with E-state index in [-0.39, 0.29) is 65.2 Å². The molecule has 0 atom stereocenters. The highest BCUT2D eigenvalue weighted by Crippen LogP contribution is 2.19. The molecule has 152 valence electrons. The van der Waals surface area contributed by atoms with E-state index in [1.54, 1.807) is 0 Å². The number of amides is 2. The summed E-state index contributed by atoms with van der Waals surface area (Å²) in [7, 11) is 0. The monoisotopic (exact) mass is 392 g/mol. The second-order valence-electron chi connectivity index (χ2n) is 5.79. The molecule has 0 aromatic rings. The van der Waals surface area contributed by atoms with Gasteiger partial charge >= 0.3 is 24.2 Å². The highest BCUT2D eigenvalue weighted by atomic mass is 19.4. The minimum absolute atomic E-state index is 0.0719. The van der Waals surface area contributed by atoms with Gasteiger partial charge in [0.2, 0.25) is 0 Å². The molecule has 0 aliphatic carbocycles. The summed E-state index contributed by atoms with van der Waals surface area (Å²) in [4.78, 5) is 24.2. The van der Waals surface area contributed by atoms with Crippen molar-refractivity contribution in [3.63, 3.8) is 0 Å². The summed E-state index contributed by atoms with van der Waals surface area (Å²) in [6, 6.07) is 0. The molecule has 1 aliphatic rings. The molecule has 0 unspecified atom stereocenters. The highest BCUT2D eigenvalue weighted by Gasteiger charge is 2.43. The fourth-order valence-electron chi connectivity index (χ4n) is 2.46. The number of halogens is 6. The highest BCUT2D eigenvalue weighted by molar-refractivity contribution is 5.82. The van der Waals surface area contributed by atoms with Crippen LogP contribution in [-0.2, 0) is 9.59 Å². The molecule has 1 heterocycles. The van der Waals surface area contributed by atoms with E-state index in [1.807, 2.05) is 0 Å². The van der Waals surface area contributed by atoms with Crippen LogP contribution in [0.2, 0.25) is 0 Å². The maximum absolute atomic E-state index is 12.6. The predicted octanol–water partition coefficient (Wildman–Crippen LogP) is 0.741. The normalized spacial score (nSPS) is 19.8. The maximum atomic E-state index is 12.6. The van der Waals surface area contributed by atoms with E-state index in [0.717, 1.165) is 0 Å². The van der Waals surface area contributed by atoms with Gasteiger partial charge in [-0.2, -0.15) is 26.3 Å². The number of alkyl halides is 6. The summed E-state index contributed by atoms with van der Waals surface area (Å²) in [6.45, 7) is -0.0132. The molecule has 0 radical (unpaired) electrons. The first-order valence-electron chi connectivity index (χ1n) is 8.17. The second kappa shape index (κ2) is 9.95. The van der Waals surface area contributed by atoms with Crippen LogP contribution in [0.15, 0.2) is 0 Å². The smallest absolute Gasteiger partial charge is 0.334 e. The minimum Gasteiger partial charge on any atom is -0.334 e. The quantitative estimate of drug-likeness (QED) is 0.597. The number of nitrogens with one attached hydrogen (secondary N) is 2. The molecule has 0 aromatic carbocycles. The molecule has 6 nitrogen and oxygen atoms in total. The molecule has 1 rings (SSSR count). The van der Waals surface area contributed by atoms with Gasteiger partial charge in [-0.1, -0.05) is 0 Å². The van der Waals surface area contributed by atoms with Gasteiger partial charge in [0.05, 0.1) is 0 Å². The summed E-state index contributed by atoms with van der Waals surface area (Å²) in [5.41, 5.74) is 0. The Morgan fingerprint density at radius 3 is 1.27 bits per heavy atom. The van der Waals surface area contributed by atoms with Crippen molar-refractivity contribution in [1.29, 1.82) is 0 Å². The molecule has 0 aromatic heterocycles. The third kappa shape index (κ3) is 7.77. The summed E-state index contributed by atoms with van der Waals surface area (Å²) in [5, 5.41) is 5.56. The lowest BCUT2D eigenvalue weighted by Gasteiger charge is -2.26. The van der Waals surface area contributed by atoms with Crippen molar-refractivity contribution in [3.8, 4) is 0 Å². The first-order valence-corrected chi connectivity index (χ1v) is 8.17. The number of hydrogen-bond donors (Lipinski definition) is 2. The number of nitrogens with zero attached hydrogens (tertiary/aromatic N) is 2. The Morgan fingerprint density at radius 1 is 0.615 bits per heavy atom. The van der Waals surface area contributed by atoms with Crippen LogP contribution in [0.4, 0.5) is 26.3 Å². The number of carbonyl (C=O) groups is 2. The van der Waals surface area contributed by atoms with Crippen molar-refractivity contribution in [2.24, 2.45) is 0 Å². The van der Waals surface area contributed by atoms with Gasteiger partial charge in [0.15, 0.2) is 0 Å². The molecular weight excluding hydrogens is 370 g/mol. The van der Waals surface area contributed by atoms with Crippen LogP contribution >= 0.6 is 0 Å². The Labute approximate surface area is 146 Å². The van der Waals surface area contributed by atoms with Gasteiger partial charge in [-0.05, 0) is 25.9 Å². The van der Waals surface area contributed by atoms with Gasteiger partial charge in [0.25, 0.3) is 0 Å². The summed E-state index contributed by atoms with van der Waals surface area (Å²) >= 11 is 0. The van der Waals surface area contributed by atoms with Crippen LogP contribution in [0.5, 0.6) is 0 Å². The van der Waals surface area contributed by atoms with E-state index in [4.69, 9.17) is 0 Å². The van der Waals surface area contributed by atoms with Crippen LogP contribution in [0.25, 0.3) is 0 Å². The zero-order valence-electron chi connectivity index (χ0n) is 14.0. The van der Waals surface area contributed by atoms with E-state index in [9.17, 15) is 35.9 Å². The molecular formula is C14H22F6N4O2. The van der Waals surface area contributed by atoms with Crippen LogP contribution in [0.3, 0.4) is 0 Å². The third-order valence-electron chi connectivity index (χ3n) is 3.74. The van der Waals surface area contributed by atoms with Crippen molar-refractivity contribution in [3.05, 3.63) is 0 Å². The molecule has 2 N–H and O–H groups in total. The fourth-order valence-corrected chi connectivity index (χ4v) is 2.46. The SMILES string of the molecule is O=C(N1CCCNCCN(C(=O)C(F)(F)F)CCCNCC1)C(F)(F)F. The van der Waals surface area contributed by atoms with Crippen molar-refractivity contribution in [2.75, 3.05) is 52.4 Å². The van der Waals surface area contributed by atoms with Crippen LogP contribution in [-0.4, -0.2) is 86.3 Å². The molecule has 1 aliphatic heterocycles. The first kappa shape index (κ1) is 22.5. The number of carbonyl (C=O) groups excluding carboxylic acids is 2. The lowest BCUT2D eigenvalue weighted by atomic mass is 10.3. The Kier molecular flexibility index (Phi) is 8.60. The second-order valence-corrected chi connectivity index (χ2v) is 5.79. The van der Waals surface area contributed by atoms with E-state index >= 15 is 0 Å². The average Bonchev–Trinajstić information content (AvgIpc) is 2.53. The maximum Gasteiger partial charge on any atom is 0.471 e. The van der Waals surface area contributed by atoms with Crippen molar-refractivity contribution >= 4 is 11.8 Å². The van der Waals surface area contributed by atoms with Gasteiger partial charge in [0, 0.05) is 39.3 Å². The minimum atomic E-state index is -4.95. The van der Waals surface area contributed by atoms with E-state index < -0.39 is 24.2 Å². The fraction of sp³-hybridized carbons (Fsp3) is 0.857. The van der Waals surface area contributed by atoms with E-state index in [1.165, 1.54) is 0 Å². The zero-order valence-corrected chi connectivity index (χ0v) is 14.0. The van der Waals surface area contributed by atoms with E-state index in [2.05, 4.69) is 10.6 Å². The Morgan fingerprint density at radius 2 is 0.962 bits per heavy atom. The molecule has 0 saturated carbocycles. The van der Waals surface area contributed by atoms with Gasteiger partial charge in [-0.25, -0.2) is 0 Å². The molecule has 26 heavy (non-hydrogen) atoms. The van der Waals surface area contributed by atoms with Crippen LogP contribution in [0, 0.1) is 0 Å². The van der Waals surface area contributed by atoms with Gasteiger partial charge in [0.1, 0.15) is 0 Å². The number of rotatable bonds is 0. The third-order valence-corrected chi connectivity index (χ3v) is 3.74. The Hall–Kier alpha value is -1.56. The van der Waals surface area contributed by atoms with Crippen molar-refractivity contribution < 1.29 is 35.9 Å². The molecule has 0 spiro atoms. The predicted molar refractivity (Wildman–Crippen MR) is 80.2 cm³/mol. The lowest BCUT2D eigenvalue weighted by molar-refractivity contribution is -0.185. The van der Waals surface area contributed by atoms with Crippen LogP contribution < -0.4 is 10.6 Å². The Bertz CT molecular complexity index is 411. The molecule has 1 saturated heterocycles. The molecule has 2 amide bonds. The zero-order chi connectivity index (χ0) is 19.8. The van der Waals surface area contributed by atoms with Gasteiger partial charge < -0.3 is 20.4 Å². The van der Waals surface area contributed by atoms with Crippen molar-refractivity contribution in [1.82, 2.24) is 20.4 Å².